The highest BCUT2D eigenvalue weighted by molar-refractivity contribution is 6.33. The summed E-state index contributed by atoms with van der Waals surface area (Å²) in [6.07, 6.45) is 1.23. The summed E-state index contributed by atoms with van der Waals surface area (Å²) in [6, 6.07) is 12.9. The van der Waals surface area contributed by atoms with Crippen molar-refractivity contribution in [2.24, 2.45) is 0 Å². The van der Waals surface area contributed by atoms with Gasteiger partial charge in [0.25, 0.3) is 11.8 Å². The maximum absolute atomic E-state index is 13.2. The van der Waals surface area contributed by atoms with Crippen molar-refractivity contribution in [1.29, 1.82) is 0 Å². The SMILES string of the molecule is O=C(c1ccc(F)cc1Cl)N1CCC2(CC1)NC(=O)N(CCc1ccccc1)C2=O. The van der Waals surface area contributed by atoms with Crippen LogP contribution in [0.4, 0.5) is 9.18 Å². The van der Waals surface area contributed by atoms with Gasteiger partial charge in [-0.2, -0.15) is 0 Å². The Morgan fingerprint density at radius 3 is 2.47 bits per heavy atom. The van der Waals surface area contributed by atoms with Crippen LogP contribution in [-0.2, 0) is 11.2 Å². The summed E-state index contributed by atoms with van der Waals surface area (Å²) in [4.78, 5) is 41.1. The van der Waals surface area contributed by atoms with Crippen molar-refractivity contribution in [2.45, 2.75) is 24.8 Å². The van der Waals surface area contributed by atoms with Crippen LogP contribution in [0.15, 0.2) is 48.5 Å². The van der Waals surface area contributed by atoms with Gasteiger partial charge >= 0.3 is 6.03 Å². The molecule has 2 aliphatic heterocycles. The highest BCUT2D eigenvalue weighted by Gasteiger charge is 2.52. The number of piperidine rings is 1. The number of nitrogens with zero attached hydrogens (tertiary/aromatic N) is 2. The van der Waals surface area contributed by atoms with Gasteiger partial charge in [0.1, 0.15) is 11.4 Å². The second kappa shape index (κ2) is 8.07. The largest absolute Gasteiger partial charge is 0.338 e. The van der Waals surface area contributed by atoms with Crippen molar-refractivity contribution in [3.8, 4) is 0 Å². The average Bonchev–Trinajstić information content (AvgIpc) is 2.96. The predicted octanol–water partition coefficient (Wildman–Crippen LogP) is 3.25. The summed E-state index contributed by atoms with van der Waals surface area (Å²) in [7, 11) is 0. The van der Waals surface area contributed by atoms with Crippen LogP contribution in [0.5, 0.6) is 0 Å². The Morgan fingerprint density at radius 2 is 1.80 bits per heavy atom. The molecule has 0 saturated carbocycles. The number of benzene rings is 2. The van der Waals surface area contributed by atoms with Gasteiger partial charge in [0.15, 0.2) is 0 Å². The van der Waals surface area contributed by atoms with E-state index < -0.39 is 17.4 Å². The van der Waals surface area contributed by atoms with Crippen LogP contribution >= 0.6 is 11.6 Å². The Hall–Kier alpha value is -2.93. The molecule has 2 aromatic rings. The smallest absolute Gasteiger partial charge is 0.325 e. The minimum atomic E-state index is -0.975. The van der Waals surface area contributed by atoms with Crippen LogP contribution in [0.1, 0.15) is 28.8 Å². The summed E-state index contributed by atoms with van der Waals surface area (Å²) in [6.45, 7) is 0.903. The first-order valence-electron chi connectivity index (χ1n) is 9.82. The topological polar surface area (TPSA) is 69.7 Å². The lowest BCUT2D eigenvalue weighted by atomic mass is 9.87. The number of carbonyl (C=O) groups excluding carboxylic acids is 3. The molecule has 1 N–H and O–H groups in total. The van der Waals surface area contributed by atoms with Gasteiger partial charge in [-0.3, -0.25) is 14.5 Å². The lowest BCUT2D eigenvalue weighted by Crippen LogP contribution is -2.56. The average molecular weight is 430 g/mol. The maximum Gasteiger partial charge on any atom is 0.325 e. The van der Waals surface area contributed by atoms with Gasteiger partial charge in [0, 0.05) is 19.6 Å². The van der Waals surface area contributed by atoms with E-state index in [1.54, 1.807) is 4.90 Å². The minimum Gasteiger partial charge on any atom is -0.338 e. The Labute approximate surface area is 178 Å². The van der Waals surface area contributed by atoms with E-state index in [0.717, 1.165) is 11.6 Å². The van der Waals surface area contributed by atoms with Crippen LogP contribution in [0.2, 0.25) is 5.02 Å². The van der Waals surface area contributed by atoms with Gasteiger partial charge in [0.2, 0.25) is 0 Å². The van der Waals surface area contributed by atoms with Crippen LogP contribution in [0, 0.1) is 5.82 Å². The third-order valence-corrected chi connectivity index (χ3v) is 6.09. The number of nitrogens with one attached hydrogen (secondary N) is 1. The number of likely N-dealkylation sites (tertiary alicyclic amines) is 1. The van der Waals surface area contributed by atoms with E-state index in [9.17, 15) is 18.8 Å². The third-order valence-electron chi connectivity index (χ3n) is 5.78. The molecule has 0 atom stereocenters. The van der Waals surface area contributed by atoms with Crippen LogP contribution in [0.25, 0.3) is 0 Å². The number of halogens is 2. The van der Waals surface area contributed by atoms with E-state index in [1.807, 2.05) is 30.3 Å². The number of hydrogen-bond donors (Lipinski definition) is 1. The maximum atomic E-state index is 13.2. The van der Waals surface area contributed by atoms with Gasteiger partial charge in [-0.15, -0.1) is 0 Å². The molecule has 156 valence electrons. The minimum absolute atomic E-state index is 0.0534. The lowest BCUT2D eigenvalue weighted by Gasteiger charge is -2.37. The number of imide groups is 1. The zero-order chi connectivity index (χ0) is 21.3. The molecule has 2 fully saturated rings. The van der Waals surface area contributed by atoms with E-state index in [1.165, 1.54) is 17.0 Å². The molecule has 1 spiro atoms. The van der Waals surface area contributed by atoms with E-state index in [-0.39, 0.29) is 22.4 Å². The molecule has 0 unspecified atom stereocenters. The highest BCUT2D eigenvalue weighted by atomic mass is 35.5. The van der Waals surface area contributed by atoms with Crippen molar-refractivity contribution < 1.29 is 18.8 Å². The fraction of sp³-hybridized carbons (Fsp3) is 0.318. The molecule has 6 nitrogen and oxygen atoms in total. The van der Waals surface area contributed by atoms with Gasteiger partial charge in [-0.05, 0) is 43.0 Å². The molecule has 2 saturated heterocycles. The molecule has 2 aromatic carbocycles. The normalized spacial score (nSPS) is 18.1. The first kappa shape index (κ1) is 20.3. The molecular formula is C22H21ClFN3O3. The quantitative estimate of drug-likeness (QED) is 0.758. The van der Waals surface area contributed by atoms with E-state index in [2.05, 4.69) is 5.32 Å². The van der Waals surface area contributed by atoms with Crippen molar-refractivity contribution in [3.63, 3.8) is 0 Å². The second-order valence-electron chi connectivity index (χ2n) is 7.62. The molecule has 0 aliphatic carbocycles. The van der Waals surface area contributed by atoms with Gasteiger partial charge in [0.05, 0.1) is 10.6 Å². The summed E-state index contributed by atoms with van der Waals surface area (Å²) < 4.78 is 13.2. The number of rotatable bonds is 4. The van der Waals surface area contributed by atoms with Gasteiger partial charge in [-0.25, -0.2) is 9.18 Å². The summed E-state index contributed by atoms with van der Waals surface area (Å²) in [5.74, 6) is -1.06. The Bertz CT molecular complexity index is 990. The van der Waals surface area contributed by atoms with Crippen LogP contribution in [-0.4, -0.2) is 52.8 Å². The Balaban J connectivity index is 1.40. The first-order valence-corrected chi connectivity index (χ1v) is 10.2. The van der Waals surface area contributed by atoms with Crippen molar-refractivity contribution in [2.75, 3.05) is 19.6 Å². The molecular weight excluding hydrogens is 409 g/mol. The predicted molar refractivity (Wildman–Crippen MR) is 110 cm³/mol. The van der Waals surface area contributed by atoms with Crippen LogP contribution in [0.3, 0.4) is 0 Å². The number of carbonyl (C=O) groups is 3. The monoisotopic (exact) mass is 429 g/mol. The molecule has 4 rings (SSSR count). The molecule has 2 aliphatic rings. The summed E-state index contributed by atoms with van der Waals surface area (Å²) >= 11 is 6.01. The second-order valence-corrected chi connectivity index (χ2v) is 8.03. The van der Waals surface area contributed by atoms with Gasteiger partial charge < -0.3 is 10.2 Å². The van der Waals surface area contributed by atoms with E-state index in [0.29, 0.717) is 38.9 Å². The molecule has 0 radical (unpaired) electrons. The molecule has 8 heteroatoms. The highest BCUT2D eigenvalue weighted by Crippen LogP contribution is 2.31. The zero-order valence-electron chi connectivity index (χ0n) is 16.2. The van der Waals surface area contributed by atoms with Gasteiger partial charge in [-0.1, -0.05) is 41.9 Å². The van der Waals surface area contributed by atoms with Crippen molar-refractivity contribution >= 4 is 29.4 Å². The standard InChI is InChI=1S/C22H21ClFN3O3/c23-18-14-16(24)6-7-17(18)19(28)26-12-9-22(10-13-26)20(29)27(21(30)25-22)11-8-15-4-2-1-3-5-15/h1-7,14H,8-13H2,(H,25,30). The zero-order valence-corrected chi connectivity index (χ0v) is 17.0. The van der Waals surface area contributed by atoms with E-state index >= 15 is 0 Å². The fourth-order valence-corrected chi connectivity index (χ4v) is 4.28. The number of amides is 4. The Kier molecular flexibility index (Phi) is 5.47. The molecule has 4 amide bonds. The molecule has 2 heterocycles. The van der Waals surface area contributed by atoms with Crippen LogP contribution < -0.4 is 5.32 Å². The fourth-order valence-electron chi connectivity index (χ4n) is 4.03. The molecule has 30 heavy (non-hydrogen) atoms. The van der Waals surface area contributed by atoms with E-state index in [4.69, 9.17) is 11.6 Å². The summed E-state index contributed by atoms with van der Waals surface area (Å²) in [5, 5.41) is 2.90. The first-order chi connectivity index (χ1) is 14.4. The summed E-state index contributed by atoms with van der Waals surface area (Å²) in [5.41, 5.74) is 0.299. The number of hydrogen-bond acceptors (Lipinski definition) is 3. The molecule has 0 bridgehead atoms. The van der Waals surface area contributed by atoms with Crippen molar-refractivity contribution in [1.82, 2.24) is 15.1 Å². The van der Waals surface area contributed by atoms with Crippen molar-refractivity contribution in [3.05, 3.63) is 70.5 Å². The third kappa shape index (κ3) is 3.77. The number of urea groups is 1. The molecule has 0 aromatic heterocycles. The Morgan fingerprint density at radius 1 is 1.10 bits per heavy atom. The lowest BCUT2D eigenvalue weighted by molar-refractivity contribution is -0.132.